The van der Waals surface area contributed by atoms with Crippen molar-refractivity contribution in [1.82, 2.24) is 0 Å². The molecule has 1 aliphatic heterocycles. The average molecular weight is 328 g/mol. The van der Waals surface area contributed by atoms with Gasteiger partial charge in [0.25, 0.3) is 0 Å². The molecule has 0 unspecified atom stereocenters. The summed E-state index contributed by atoms with van der Waals surface area (Å²) in [5, 5.41) is 0.998. The molecule has 4 rings (SSSR count). The first kappa shape index (κ1) is 14.2. The van der Waals surface area contributed by atoms with Gasteiger partial charge in [-0.2, -0.15) is 0 Å². The van der Waals surface area contributed by atoms with Crippen molar-refractivity contribution in [2.75, 3.05) is 12.0 Å². The highest BCUT2D eigenvalue weighted by Crippen LogP contribution is 2.31. The topological polar surface area (TPSA) is 42.7 Å². The molecule has 0 aliphatic carbocycles. The van der Waals surface area contributed by atoms with Gasteiger partial charge in [-0.3, -0.25) is 4.79 Å². The molecule has 5 heteroatoms. The van der Waals surface area contributed by atoms with Crippen molar-refractivity contribution >= 4 is 28.3 Å². The Morgan fingerprint density at radius 1 is 1.13 bits per heavy atom. The number of hydrogen-bond donors (Lipinski definition) is 0. The Kier molecular flexibility index (Phi) is 3.27. The summed E-state index contributed by atoms with van der Waals surface area (Å²) in [7, 11) is 1.64. The molecule has 0 saturated carbocycles. The van der Waals surface area contributed by atoms with Crippen LogP contribution in [0.3, 0.4) is 0 Å². The number of benzene rings is 2. The predicted molar refractivity (Wildman–Crippen MR) is 90.4 cm³/mol. The second-order valence-corrected chi connectivity index (χ2v) is 5.91. The molecule has 0 radical (unpaired) electrons. The summed E-state index contributed by atoms with van der Waals surface area (Å²) in [6.45, 7) is 1.09. The van der Waals surface area contributed by atoms with Crippen LogP contribution in [0, 0.1) is 0 Å². The molecule has 0 fully saturated rings. The fraction of sp³-hybridized carbons (Fsp3) is 0.167. The van der Waals surface area contributed by atoms with Crippen LogP contribution in [0.5, 0.6) is 5.75 Å². The number of methoxy groups -OCH3 is 1. The predicted octanol–water partition coefficient (Wildman–Crippen LogP) is 3.98. The lowest BCUT2D eigenvalue weighted by Crippen LogP contribution is -2.16. The highest BCUT2D eigenvalue weighted by atomic mass is 35.5. The number of halogens is 1. The lowest BCUT2D eigenvalue weighted by molar-refractivity contribution is 0.415. The van der Waals surface area contributed by atoms with E-state index in [0.717, 1.165) is 11.4 Å². The van der Waals surface area contributed by atoms with E-state index >= 15 is 0 Å². The Morgan fingerprint density at radius 3 is 2.65 bits per heavy atom. The average Bonchev–Trinajstić information content (AvgIpc) is 3.01. The lowest BCUT2D eigenvalue weighted by atomic mass is 10.1. The minimum Gasteiger partial charge on any atom is -0.497 e. The molecule has 1 aromatic heterocycles. The van der Waals surface area contributed by atoms with Crippen LogP contribution in [0.25, 0.3) is 11.0 Å². The van der Waals surface area contributed by atoms with Gasteiger partial charge in [0.05, 0.1) is 36.2 Å². The fourth-order valence-electron chi connectivity index (χ4n) is 2.95. The van der Waals surface area contributed by atoms with Crippen LogP contribution >= 0.6 is 11.6 Å². The van der Waals surface area contributed by atoms with E-state index in [-0.39, 0.29) is 5.43 Å². The minimum absolute atomic E-state index is 0.000221. The van der Waals surface area contributed by atoms with E-state index in [2.05, 4.69) is 4.90 Å². The van der Waals surface area contributed by atoms with Crippen LogP contribution < -0.4 is 15.1 Å². The van der Waals surface area contributed by atoms with Crippen LogP contribution in [0.1, 0.15) is 11.3 Å². The third-order valence-electron chi connectivity index (χ3n) is 4.17. The maximum absolute atomic E-state index is 12.7. The first-order valence-electron chi connectivity index (χ1n) is 7.29. The molecule has 2 heterocycles. The van der Waals surface area contributed by atoms with Crippen LogP contribution in [0.2, 0.25) is 5.02 Å². The molecule has 116 valence electrons. The van der Waals surface area contributed by atoms with Gasteiger partial charge in [-0.25, -0.2) is 0 Å². The van der Waals surface area contributed by atoms with E-state index in [9.17, 15) is 4.79 Å². The summed E-state index contributed by atoms with van der Waals surface area (Å²) in [4.78, 5) is 14.8. The maximum atomic E-state index is 12.7. The number of ether oxygens (including phenoxy) is 1. The van der Waals surface area contributed by atoms with Gasteiger partial charge >= 0.3 is 0 Å². The SMILES string of the molecule is COc1ccc(N2Cc3oc4c(Cl)cccc4c(=O)c3C2)cc1. The van der Waals surface area contributed by atoms with E-state index in [0.29, 0.717) is 40.4 Å². The van der Waals surface area contributed by atoms with Crippen LogP contribution in [0.15, 0.2) is 51.7 Å². The van der Waals surface area contributed by atoms with Crippen molar-refractivity contribution in [3.63, 3.8) is 0 Å². The molecule has 0 amide bonds. The van der Waals surface area contributed by atoms with Gasteiger partial charge < -0.3 is 14.1 Å². The van der Waals surface area contributed by atoms with E-state index in [1.807, 2.05) is 24.3 Å². The van der Waals surface area contributed by atoms with Crippen molar-refractivity contribution in [1.29, 1.82) is 0 Å². The fourth-order valence-corrected chi connectivity index (χ4v) is 3.16. The zero-order chi connectivity index (χ0) is 16.0. The highest BCUT2D eigenvalue weighted by molar-refractivity contribution is 6.34. The molecular formula is C18H14ClNO3. The zero-order valence-corrected chi connectivity index (χ0v) is 13.3. The summed E-state index contributed by atoms with van der Waals surface area (Å²) < 4.78 is 11.1. The molecule has 23 heavy (non-hydrogen) atoms. The summed E-state index contributed by atoms with van der Waals surface area (Å²) in [5.74, 6) is 1.49. The van der Waals surface area contributed by atoms with Crippen molar-refractivity contribution in [2.24, 2.45) is 0 Å². The molecule has 0 saturated heterocycles. The third kappa shape index (κ3) is 2.26. The minimum atomic E-state index is -0.000221. The number of rotatable bonds is 2. The molecule has 0 bridgehead atoms. The maximum Gasteiger partial charge on any atom is 0.198 e. The molecule has 0 spiro atoms. The van der Waals surface area contributed by atoms with Gasteiger partial charge in [0.1, 0.15) is 11.5 Å². The van der Waals surface area contributed by atoms with Crippen molar-refractivity contribution in [3.8, 4) is 5.75 Å². The second kappa shape index (κ2) is 5.32. The van der Waals surface area contributed by atoms with E-state index in [1.54, 1.807) is 25.3 Å². The normalized spacial score (nSPS) is 13.4. The Morgan fingerprint density at radius 2 is 1.91 bits per heavy atom. The molecule has 1 aliphatic rings. The Bertz CT molecular complexity index is 947. The summed E-state index contributed by atoms with van der Waals surface area (Å²) in [5.41, 5.74) is 2.19. The molecule has 3 aromatic rings. The zero-order valence-electron chi connectivity index (χ0n) is 12.5. The molecular weight excluding hydrogens is 314 g/mol. The number of hydrogen-bond acceptors (Lipinski definition) is 4. The van der Waals surface area contributed by atoms with Crippen molar-refractivity contribution in [2.45, 2.75) is 13.1 Å². The summed E-state index contributed by atoms with van der Waals surface area (Å²) in [6, 6.07) is 13.0. The van der Waals surface area contributed by atoms with E-state index < -0.39 is 0 Å². The highest BCUT2D eigenvalue weighted by Gasteiger charge is 2.26. The number of fused-ring (bicyclic) bond motifs is 2. The lowest BCUT2D eigenvalue weighted by Gasteiger charge is -2.17. The number of nitrogens with zero attached hydrogens (tertiary/aromatic N) is 1. The number of anilines is 1. The van der Waals surface area contributed by atoms with E-state index in [1.165, 1.54) is 0 Å². The van der Waals surface area contributed by atoms with Crippen molar-refractivity contribution in [3.05, 3.63) is 69.0 Å². The third-order valence-corrected chi connectivity index (χ3v) is 4.47. The monoisotopic (exact) mass is 327 g/mol. The van der Waals surface area contributed by atoms with Crippen LogP contribution in [-0.4, -0.2) is 7.11 Å². The molecule has 0 atom stereocenters. The number of para-hydroxylation sites is 1. The van der Waals surface area contributed by atoms with Crippen molar-refractivity contribution < 1.29 is 9.15 Å². The molecule has 2 aromatic carbocycles. The van der Waals surface area contributed by atoms with Gasteiger partial charge in [0.2, 0.25) is 0 Å². The Labute approximate surface area is 137 Å². The Balaban J connectivity index is 1.77. The summed E-state index contributed by atoms with van der Waals surface area (Å²) in [6.07, 6.45) is 0. The quantitative estimate of drug-likeness (QED) is 0.714. The van der Waals surface area contributed by atoms with Gasteiger partial charge in [-0.15, -0.1) is 0 Å². The Hall–Kier alpha value is -2.46. The second-order valence-electron chi connectivity index (χ2n) is 5.50. The van der Waals surface area contributed by atoms with Gasteiger partial charge in [-0.1, -0.05) is 17.7 Å². The molecule has 4 nitrogen and oxygen atoms in total. The van der Waals surface area contributed by atoms with Crippen LogP contribution in [-0.2, 0) is 13.1 Å². The smallest absolute Gasteiger partial charge is 0.198 e. The van der Waals surface area contributed by atoms with Gasteiger partial charge in [0, 0.05) is 5.69 Å². The van der Waals surface area contributed by atoms with Gasteiger partial charge in [-0.05, 0) is 36.4 Å². The van der Waals surface area contributed by atoms with E-state index in [4.69, 9.17) is 20.8 Å². The van der Waals surface area contributed by atoms with Crippen LogP contribution in [0.4, 0.5) is 5.69 Å². The largest absolute Gasteiger partial charge is 0.497 e. The van der Waals surface area contributed by atoms with Gasteiger partial charge in [0.15, 0.2) is 11.0 Å². The summed E-state index contributed by atoms with van der Waals surface area (Å²) >= 11 is 6.16. The first-order chi connectivity index (χ1) is 11.2. The standard InChI is InChI=1S/C18H14ClNO3/c1-22-12-7-5-11(6-8-12)20-9-14-16(10-20)23-18-13(17(14)21)3-2-4-15(18)19/h2-8H,9-10H2,1H3. The molecule has 0 N–H and O–H groups in total. The first-order valence-corrected chi connectivity index (χ1v) is 7.67.